The van der Waals surface area contributed by atoms with Crippen LogP contribution in [0.2, 0.25) is 5.15 Å². The predicted octanol–water partition coefficient (Wildman–Crippen LogP) is 3.70. The molecule has 0 aliphatic rings. The molecule has 0 fully saturated rings. The van der Waals surface area contributed by atoms with Gasteiger partial charge in [-0.25, -0.2) is 24.3 Å². The van der Waals surface area contributed by atoms with Crippen molar-refractivity contribution in [2.45, 2.75) is 16.7 Å². The first-order valence-corrected chi connectivity index (χ1v) is 8.97. The van der Waals surface area contributed by atoms with Gasteiger partial charge in [-0.3, -0.25) is 0 Å². The van der Waals surface area contributed by atoms with Gasteiger partial charge in [-0.2, -0.15) is 0 Å². The van der Waals surface area contributed by atoms with Crippen molar-refractivity contribution < 1.29 is 4.39 Å². The summed E-state index contributed by atoms with van der Waals surface area (Å²) in [7, 11) is 0. The summed E-state index contributed by atoms with van der Waals surface area (Å²) < 4.78 is 12.9. The number of benzene rings is 1. The summed E-state index contributed by atoms with van der Waals surface area (Å²) in [6.07, 6.45) is 3.29. The summed E-state index contributed by atoms with van der Waals surface area (Å²) in [5.74, 6) is -0.0262. The maximum atomic E-state index is 12.9. The molecule has 132 valence electrons. The van der Waals surface area contributed by atoms with Crippen LogP contribution in [-0.4, -0.2) is 25.0 Å². The zero-order valence-electron chi connectivity index (χ0n) is 13.2. The van der Waals surface area contributed by atoms with Crippen molar-refractivity contribution in [2.75, 3.05) is 5.32 Å². The molecule has 0 saturated heterocycles. The molecule has 0 bridgehead atoms. The summed E-state index contributed by atoms with van der Waals surface area (Å²) in [6, 6.07) is 9.48. The highest BCUT2D eigenvalue weighted by Crippen LogP contribution is 2.25. The lowest BCUT2D eigenvalue weighted by Crippen LogP contribution is -2.28. The highest BCUT2D eigenvalue weighted by atomic mass is 35.5. The monoisotopic (exact) mass is 406 g/mol. The van der Waals surface area contributed by atoms with Crippen LogP contribution in [0.1, 0.15) is 5.56 Å². The highest BCUT2D eigenvalue weighted by molar-refractivity contribution is 7.99. The Morgan fingerprint density at radius 3 is 2.62 bits per heavy atom. The number of rotatable bonds is 5. The second-order valence-electron chi connectivity index (χ2n) is 4.92. The quantitative estimate of drug-likeness (QED) is 0.377. The summed E-state index contributed by atoms with van der Waals surface area (Å²) >= 11 is 12.5. The molecule has 2 aromatic heterocycles. The fourth-order valence-corrected chi connectivity index (χ4v) is 3.00. The summed E-state index contributed by atoms with van der Waals surface area (Å²) in [5.41, 5.74) is 0.889. The molecular weight excluding hydrogens is 395 g/mol. The van der Waals surface area contributed by atoms with Crippen molar-refractivity contribution in [3.8, 4) is 0 Å². The molecule has 0 atom stereocenters. The van der Waals surface area contributed by atoms with Gasteiger partial charge in [0.05, 0.1) is 0 Å². The Bertz CT molecular complexity index is 895. The van der Waals surface area contributed by atoms with E-state index in [2.05, 4.69) is 30.6 Å². The van der Waals surface area contributed by atoms with Gasteiger partial charge in [-0.15, -0.1) is 0 Å². The molecule has 3 aromatic rings. The fourth-order valence-electron chi connectivity index (χ4n) is 1.87. The van der Waals surface area contributed by atoms with Gasteiger partial charge in [0.15, 0.2) is 10.3 Å². The van der Waals surface area contributed by atoms with E-state index in [1.165, 1.54) is 23.9 Å². The lowest BCUT2D eigenvalue weighted by molar-refractivity contribution is 0.627. The van der Waals surface area contributed by atoms with Gasteiger partial charge < -0.3 is 10.6 Å². The molecule has 0 amide bonds. The van der Waals surface area contributed by atoms with Gasteiger partial charge in [0.1, 0.15) is 16.0 Å². The topological polar surface area (TPSA) is 75.6 Å². The van der Waals surface area contributed by atoms with E-state index in [1.54, 1.807) is 36.7 Å². The van der Waals surface area contributed by atoms with Gasteiger partial charge in [-0.1, -0.05) is 23.7 Å². The van der Waals surface area contributed by atoms with Gasteiger partial charge in [0.25, 0.3) is 0 Å². The first-order valence-electron chi connectivity index (χ1n) is 7.37. The minimum atomic E-state index is -0.283. The second-order valence-corrected chi connectivity index (χ2v) is 6.70. The Labute approximate surface area is 163 Å². The van der Waals surface area contributed by atoms with Crippen LogP contribution in [0.5, 0.6) is 0 Å². The van der Waals surface area contributed by atoms with Crippen LogP contribution in [0, 0.1) is 5.82 Å². The second kappa shape index (κ2) is 8.84. The lowest BCUT2D eigenvalue weighted by atomic mass is 10.2. The molecule has 0 saturated carbocycles. The van der Waals surface area contributed by atoms with Crippen LogP contribution in [-0.2, 0) is 6.54 Å². The van der Waals surface area contributed by atoms with Crippen LogP contribution < -0.4 is 10.6 Å². The average molecular weight is 407 g/mol. The van der Waals surface area contributed by atoms with E-state index in [0.29, 0.717) is 21.8 Å². The number of aromatic nitrogens is 4. The third-order valence-electron chi connectivity index (χ3n) is 3.00. The summed E-state index contributed by atoms with van der Waals surface area (Å²) in [5, 5.41) is 7.59. The van der Waals surface area contributed by atoms with E-state index in [9.17, 15) is 4.39 Å². The number of thiocarbonyl (C=S) groups is 1. The van der Waals surface area contributed by atoms with Crippen molar-refractivity contribution in [1.29, 1.82) is 0 Å². The number of hydrogen-bond donors (Lipinski definition) is 2. The lowest BCUT2D eigenvalue weighted by Gasteiger charge is -2.10. The maximum Gasteiger partial charge on any atom is 0.231 e. The third-order valence-corrected chi connectivity index (χ3v) is 4.25. The number of nitrogens with one attached hydrogen (secondary N) is 2. The predicted molar refractivity (Wildman–Crippen MR) is 103 cm³/mol. The first kappa shape index (κ1) is 18.4. The summed E-state index contributed by atoms with van der Waals surface area (Å²) in [4.78, 5) is 16.7. The van der Waals surface area contributed by atoms with E-state index in [4.69, 9.17) is 23.8 Å². The number of anilines is 1. The van der Waals surface area contributed by atoms with Crippen molar-refractivity contribution in [3.05, 3.63) is 65.3 Å². The Kier molecular flexibility index (Phi) is 6.26. The molecule has 0 radical (unpaired) electrons. The van der Waals surface area contributed by atoms with Crippen molar-refractivity contribution >= 4 is 46.6 Å². The van der Waals surface area contributed by atoms with Gasteiger partial charge >= 0.3 is 0 Å². The SMILES string of the molecule is Fc1ccc(CNC(=S)Nc2nc(Cl)cc(Sc3ncccn3)n2)cc1. The van der Waals surface area contributed by atoms with Crippen LogP contribution in [0.3, 0.4) is 0 Å². The van der Waals surface area contributed by atoms with Crippen molar-refractivity contribution in [1.82, 2.24) is 25.3 Å². The Morgan fingerprint density at radius 2 is 1.88 bits per heavy atom. The zero-order chi connectivity index (χ0) is 18.4. The smallest absolute Gasteiger partial charge is 0.231 e. The molecule has 10 heteroatoms. The van der Waals surface area contributed by atoms with Crippen LogP contribution in [0.4, 0.5) is 10.3 Å². The third kappa shape index (κ3) is 5.58. The first-order chi connectivity index (χ1) is 12.6. The van der Waals surface area contributed by atoms with E-state index in [1.807, 2.05) is 0 Å². The van der Waals surface area contributed by atoms with Crippen LogP contribution >= 0.6 is 35.6 Å². The van der Waals surface area contributed by atoms with Crippen molar-refractivity contribution in [3.63, 3.8) is 0 Å². The van der Waals surface area contributed by atoms with E-state index >= 15 is 0 Å². The molecule has 2 heterocycles. The molecule has 6 nitrogen and oxygen atoms in total. The molecule has 26 heavy (non-hydrogen) atoms. The maximum absolute atomic E-state index is 12.9. The standard InChI is InChI=1S/C16H12ClFN6S2/c17-12-8-13(26-16-19-6-1-7-20-16)23-14(22-12)24-15(25)21-9-10-2-4-11(18)5-3-10/h1-8H,9H2,(H2,21,22,23,24,25). The van der Waals surface area contributed by atoms with Gasteiger partial charge in [-0.05, 0) is 47.7 Å². The van der Waals surface area contributed by atoms with Gasteiger partial charge in [0, 0.05) is 25.0 Å². The minimum absolute atomic E-state index is 0.257. The van der Waals surface area contributed by atoms with Crippen LogP contribution in [0.25, 0.3) is 0 Å². The zero-order valence-corrected chi connectivity index (χ0v) is 15.6. The largest absolute Gasteiger partial charge is 0.358 e. The molecule has 0 spiro atoms. The number of hydrogen-bond acceptors (Lipinski definition) is 6. The van der Waals surface area contributed by atoms with E-state index in [-0.39, 0.29) is 16.9 Å². The Balaban J connectivity index is 1.61. The van der Waals surface area contributed by atoms with E-state index in [0.717, 1.165) is 5.56 Å². The summed E-state index contributed by atoms with van der Waals surface area (Å²) in [6.45, 7) is 0.437. The molecule has 3 rings (SSSR count). The van der Waals surface area contributed by atoms with Crippen LogP contribution in [0.15, 0.2) is 59.0 Å². The fraction of sp³-hybridized carbons (Fsp3) is 0.0625. The number of nitrogens with zero attached hydrogens (tertiary/aromatic N) is 4. The molecule has 0 aliphatic carbocycles. The molecule has 2 N–H and O–H groups in total. The molecule has 1 aromatic carbocycles. The highest BCUT2D eigenvalue weighted by Gasteiger charge is 2.08. The number of halogens is 2. The van der Waals surface area contributed by atoms with Crippen molar-refractivity contribution in [2.24, 2.45) is 0 Å². The van der Waals surface area contributed by atoms with E-state index < -0.39 is 0 Å². The average Bonchev–Trinajstić information content (AvgIpc) is 2.61. The normalized spacial score (nSPS) is 10.4. The van der Waals surface area contributed by atoms with Gasteiger partial charge in [0.2, 0.25) is 5.95 Å². The molecular formula is C16H12ClFN6S2. The molecule has 0 unspecified atom stereocenters. The molecule has 0 aliphatic heterocycles. The Morgan fingerprint density at radius 1 is 1.15 bits per heavy atom. The Hall–Kier alpha value is -2.36. The minimum Gasteiger partial charge on any atom is -0.358 e.